The molecule has 0 saturated heterocycles. The monoisotopic (exact) mass is 622 g/mol. The molecule has 2 heterocycles. The molecule has 0 spiro atoms. The third kappa shape index (κ3) is 6.37. The van der Waals surface area contributed by atoms with E-state index in [-0.39, 0.29) is 52.7 Å². The maximum atomic E-state index is 13.8. The minimum absolute atomic E-state index is 0.00703. The Hall–Kier alpha value is -3.97. The highest BCUT2D eigenvalue weighted by Crippen LogP contribution is 2.36. The lowest BCUT2D eigenvalue weighted by molar-refractivity contribution is 0.0389. The second-order valence-corrected chi connectivity index (χ2v) is 13.8. The average molecular weight is 623 g/mol. The number of thiophene rings is 1. The van der Waals surface area contributed by atoms with Crippen molar-refractivity contribution in [2.75, 3.05) is 37.4 Å². The van der Waals surface area contributed by atoms with Crippen LogP contribution in [-0.2, 0) is 10.0 Å². The highest BCUT2D eigenvalue weighted by molar-refractivity contribution is 7.91. The average Bonchev–Trinajstić information content (AvgIpc) is 3.55. The van der Waals surface area contributed by atoms with E-state index < -0.39 is 28.2 Å². The summed E-state index contributed by atoms with van der Waals surface area (Å²) in [7, 11) is -2.28. The Morgan fingerprint density at radius 1 is 1.07 bits per heavy atom. The van der Waals surface area contributed by atoms with Gasteiger partial charge in [0.05, 0.1) is 36.1 Å². The van der Waals surface area contributed by atoms with E-state index in [1.807, 2.05) is 43.3 Å². The molecule has 0 unspecified atom stereocenters. The molecule has 5 rings (SSSR count). The quantitative estimate of drug-likeness (QED) is 0.251. The summed E-state index contributed by atoms with van der Waals surface area (Å²) in [6.07, 6.45) is -0.691. The molecule has 1 aliphatic heterocycles. The first-order chi connectivity index (χ1) is 20.6. The highest BCUT2D eigenvalue weighted by atomic mass is 32.2. The van der Waals surface area contributed by atoms with E-state index in [0.29, 0.717) is 5.69 Å². The number of hydrogen-bond acceptors (Lipinski definition) is 7. The first-order valence-electron chi connectivity index (χ1n) is 13.9. The Bertz CT molecular complexity index is 1720. The van der Waals surface area contributed by atoms with Gasteiger partial charge in [-0.05, 0) is 42.0 Å². The first kappa shape index (κ1) is 30.5. The molecule has 43 heavy (non-hydrogen) atoms. The second kappa shape index (κ2) is 12.7. The number of urea groups is 1. The number of nitrogens with one attached hydrogen (secondary N) is 2. The van der Waals surface area contributed by atoms with Crippen LogP contribution in [0.3, 0.4) is 0 Å². The molecule has 12 heteroatoms. The molecule has 3 aromatic carbocycles. The van der Waals surface area contributed by atoms with Crippen molar-refractivity contribution in [1.29, 1.82) is 0 Å². The van der Waals surface area contributed by atoms with Crippen molar-refractivity contribution in [3.8, 4) is 5.75 Å². The standard InChI is InChI=1S/C31H34N4O6S2/c1-20-17-35(21(2)19-36)30(37)24-12-7-14-26(33-31(38)32-25-13-6-10-22-9-4-5-11-23(22)25)29(24)41-27(20)18-34(3)43(39,40)28-15-8-16-42-28/h4-16,20-21,27,36H,17-19H2,1-3H3,(H2,32,33,38)/t20-,21+,27+/m1/s1. The molecule has 4 aromatic rings. The lowest BCUT2D eigenvalue weighted by atomic mass is 9.99. The number of rotatable bonds is 8. The lowest BCUT2D eigenvalue weighted by Crippen LogP contribution is -2.50. The molecule has 3 N–H and O–H groups in total. The van der Waals surface area contributed by atoms with Crippen LogP contribution in [0.2, 0.25) is 0 Å². The summed E-state index contributed by atoms with van der Waals surface area (Å²) in [4.78, 5) is 28.6. The molecule has 0 saturated carbocycles. The number of likely N-dealkylation sites (N-methyl/N-ethyl adjacent to an activating group) is 1. The van der Waals surface area contributed by atoms with Gasteiger partial charge >= 0.3 is 6.03 Å². The Labute approximate surface area is 254 Å². The van der Waals surface area contributed by atoms with E-state index >= 15 is 0 Å². The molecule has 0 aliphatic carbocycles. The minimum Gasteiger partial charge on any atom is -0.486 e. The number of hydrogen-bond donors (Lipinski definition) is 3. The van der Waals surface area contributed by atoms with Crippen molar-refractivity contribution < 1.29 is 27.9 Å². The zero-order chi connectivity index (χ0) is 30.7. The van der Waals surface area contributed by atoms with E-state index in [1.165, 1.54) is 11.4 Å². The van der Waals surface area contributed by atoms with Crippen molar-refractivity contribution in [1.82, 2.24) is 9.21 Å². The van der Waals surface area contributed by atoms with Crippen LogP contribution in [0.25, 0.3) is 10.8 Å². The zero-order valence-electron chi connectivity index (χ0n) is 24.1. The molecule has 0 radical (unpaired) electrons. The molecular weight excluding hydrogens is 588 g/mol. The first-order valence-corrected chi connectivity index (χ1v) is 16.2. The number of carbonyl (C=O) groups excluding carboxylic acids is 2. The van der Waals surface area contributed by atoms with Crippen LogP contribution in [0.5, 0.6) is 5.75 Å². The fourth-order valence-corrected chi connectivity index (χ4v) is 7.47. The van der Waals surface area contributed by atoms with Crippen LogP contribution in [0.15, 0.2) is 82.4 Å². The number of nitrogens with zero attached hydrogens (tertiary/aromatic N) is 2. The normalized spacial score (nSPS) is 18.0. The van der Waals surface area contributed by atoms with Gasteiger partial charge in [-0.1, -0.05) is 55.5 Å². The van der Waals surface area contributed by atoms with E-state index in [4.69, 9.17) is 4.74 Å². The molecule has 1 aliphatic rings. The highest BCUT2D eigenvalue weighted by Gasteiger charge is 2.36. The predicted octanol–water partition coefficient (Wildman–Crippen LogP) is 5.09. The van der Waals surface area contributed by atoms with Gasteiger partial charge in [-0.15, -0.1) is 11.3 Å². The van der Waals surface area contributed by atoms with Crippen LogP contribution in [0.4, 0.5) is 16.2 Å². The Morgan fingerprint density at radius 2 is 1.77 bits per heavy atom. The Morgan fingerprint density at radius 3 is 2.51 bits per heavy atom. The minimum atomic E-state index is -3.77. The third-order valence-corrected chi connectivity index (χ3v) is 10.8. The lowest BCUT2D eigenvalue weighted by Gasteiger charge is -2.38. The topological polar surface area (TPSA) is 128 Å². The summed E-state index contributed by atoms with van der Waals surface area (Å²) in [5.74, 6) is -0.557. The number of ether oxygens (including phenoxy) is 1. The van der Waals surface area contributed by atoms with Crippen LogP contribution >= 0.6 is 11.3 Å². The summed E-state index contributed by atoms with van der Waals surface area (Å²) in [6, 6.07) is 20.3. The summed E-state index contributed by atoms with van der Waals surface area (Å²) in [6.45, 7) is 3.59. The zero-order valence-corrected chi connectivity index (χ0v) is 25.7. The summed E-state index contributed by atoms with van der Waals surface area (Å²) in [5.41, 5.74) is 1.06. The number of amides is 3. The number of aliphatic hydroxyl groups is 1. The number of anilines is 2. The van der Waals surface area contributed by atoms with Crippen LogP contribution in [0, 0.1) is 5.92 Å². The maximum Gasteiger partial charge on any atom is 0.323 e. The summed E-state index contributed by atoms with van der Waals surface area (Å²) in [5, 5.41) is 19.2. The fraction of sp³-hybridized carbons (Fsp3) is 0.290. The van der Waals surface area contributed by atoms with Crippen LogP contribution < -0.4 is 15.4 Å². The molecular formula is C31H34N4O6S2. The Kier molecular flexibility index (Phi) is 9.02. The van der Waals surface area contributed by atoms with Gasteiger partial charge in [0.25, 0.3) is 15.9 Å². The van der Waals surface area contributed by atoms with E-state index in [1.54, 1.807) is 53.6 Å². The van der Waals surface area contributed by atoms with E-state index in [9.17, 15) is 23.1 Å². The number of sulfonamides is 1. The second-order valence-electron chi connectivity index (χ2n) is 10.6. The van der Waals surface area contributed by atoms with Gasteiger partial charge in [-0.2, -0.15) is 4.31 Å². The van der Waals surface area contributed by atoms with Gasteiger partial charge in [0.15, 0.2) is 5.75 Å². The predicted molar refractivity (Wildman–Crippen MR) is 168 cm³/mol. The van der Waals surface area contributed by atoms with Crippen LogP contribution in [-0.4, -0.2) is 73.6 Å². The SMILES string of the molecule is C[C@@H]1CN([C@@H](C)CO)C(=O)c2cccc(NC(=O)Nc3cccc4ccccc34)c2O[C@H]1CN(C)S(=O)(=O)c1cccs1. The molecule has 3 atom stereocenters. The molecule has 3 amide bonds. The number of fused-ring (bicyclic) bond motifs is 2. The molecule has 1 aromatic heterocycles. The fourth-order valence-electron chi connectivity index (χ4n) is 5.09. The molecule has 10 nitrogen and oxygen atoms in total. The third-order valence-electron chi connectivity index (χ3n) is 7.57. The molecule has 0 fully saturated rings. The number of benzene rings is 3. The van der Waals surface area contributed by atoms with Gasteiger partial charge < -0.3 is 25.4 Å². The van der Waals surface area contributed by atoms with Gasteiger partial charge in [0.1, 0.15) is 10.3 Å². The smallest absolute Gasteiger partial charge is 0.323 e. The molecule has 0 bridgehead atoms. The van der Waals surface area contributed by atoms with E-state index in [0.717, 1.165) is 22.1 Å². The van der Waals surface area contributed by atoms with Crippen LogP contribution in [0.1, 0.15) is 24.2 Å². The van der Waals surface area contributed by atoms with Crippen molar-refractivity contribution in [3.63, 3.8) is 0 Å². The van der Waals surface area contributed by atoms with E-state index in [2.05, 4.69) is 10.6 Å². The van der Waals surface area contributed by atoms with Crippen molar-refractivity contribution >= 4 is 55.4 Å². The van der Waals surface area contributed by atoms with Gasteiger partial charge in [0.2, 0.25) is 0 Å². The number of aliphatic hydroxyl groups excluding tert-OH is 1. The largest absolute Gasteiger partial charge is 0.486 e. The van der Waals surface area contributed by atoms with Gasteiger partial charge in [-0.3, -0.25) is 4.79 Å². The molecule has 226 valence electrons. The van der Waals surface area contributed by atoms with Crippen molar-refractivity contribution in [3.05, 3.63) is 83.7 Å². The Balaban J connectivity index is 1.48. The van der Waals surface area contributed by atoms with Gasteiger partial charge in [-0.25, -0.2) is 13.2 Å². The van der Waals surface area contributed by atoms with Crippen molar-refractivity contribution in [2.24, 2.45) is 5.92 Å². The number of para-hydroxylation sites is 1. The number of carbonyl (C=O) groups is 2. The maximum absolute atomic E-state index is 13.8. The van der Waals surface area contributed by atoms with Gasteiger partial charge in [0, 0.05) is 24.9 Å². The summed E-state index contributed by atoms with van der Waals surface area (Å²) >= 11 is 1.13. The van der Waals surface area contributed by atoms with Crippen molar-refractivity contribution in [2.45, 2.75) is 30.2 Å². The summed E-state index contributed by atoms with van der Waals surface area (Å²) < 4.78 is 34.4.